The highest BCUT2D eigenvalue weighted by atomic mass is 32.1. The Balaban J connectivity index is 1.38. The van der Waals surface area contributed by atoms with E-state index in [4.69, 9.17) is 14.5 Å². The topological polar surface area (TPSA) is 95.3 Å². The molecule has 4 rings (SSSR count). The summed E-state index contributed by atoms with van der Waals surface area (Å²) in [5.74, 6) is 0.736. The second-order valence-electron chi connectivity index (χ2n) is 8.40. The van der Waals surface area contributed by atoms with Crippen LogP contribution in [0.15, 0.2) is 36.0 Å². The highest BCUT2D eigenvalue weighted by molar-refractivity contribution is 7.09. The molecule has 10 heteroatoms. The molecule has 164 valence electrons. The molecule has 1 amide bonds. The molecule has 0 bridgehead atoms. The molecule has 1 aliphatic rings. The van der Waals surface area contributed by atoms with E-state index >= 15 is 0 Å². The lowest BCUT2D eigenvalue weighted by Gasteiger charge is -2.35. The molecule has 0 saturated carbocycles. The van der Waals surface area contributed by atoms with Gasteiger partial charge in [-0.1, -0.05) is 0 Å². The summed E-state index contributed by atoms with van der Waals surface area (Å²) in [6, 6.07) is 7.47. The summed E-state index contributed by atoms with van der Waals surface area (Å²) in [6.45, 7) is 6.71. The molecule has 3 heterocycles. The van der Waals surface area contributed by atoms with Gasteiger partial charge in [0.1, 0.15) is 29.3 Å². The van der Waals surface area contributed by atoms with Crippen molar-refractivity contribution in [3.05, 3.63) is 46.7 Å². The summed E-state index contributed by atoms with van der Waals surface area (Å²) in [4.78, 5) is 19.2. The number of carbonyl (C=O) groups excluding carboxylic acids is 1. The lowest BCUT2D eigenvalue weighted by Crippen LogP contribution is -2.41. The number of hydrogen-bond acceptors (Lipinski definition) is 8. The summed E-state index contributed by atoms with van der Waals surface area (Å²) >= 11 is 1.57. The van der Waals surface area contributed by atoms with Crippen molar-refractivity contribution in [3.8, 4) is 11.4 Å². The molecule has 0 N–H and O–H groups in total. The number of hydrogen-bond donors (Lipinski definition) is 0. The van der Waals surface area contributed by atoms with Crippen LogP contribution in [0.25, 0.3) is 5.69 Å². The van der Waals surface area contributed by atoms with Crippen LogP contribution in [0.1, 0.15) is 56.8 Å². The first-order valence-electron chi connectivity index (χ1n) is 10.3. The van der Waals surface area contributed by atoms with Crippen LogP contribution in [0.3, 0.4) is 0 Å². The molecular formula is C21H26N6O3S. The average Bonchev–Trinajstić information content (AvgIpc) is 3.44. The highest BCUT2D eigenvalue weighted by Crippen LogP contribution is 2.34. The number of ether oxygens (including phenoxy) is 2. The molecule has 0 spiro atoms. The summed E-state index contributed by atoms with van der Waals surface area (Å²) < 4.78 is 13.1. The van der Waals surface area contributed by atoms with E-state index < -0.39 is 5.60 Å². The van der Waals surface area contributed by atoms with Crippen LogP contribution in [-0.2, 0) is 11.3 Å². The van der Waals surface area contributed by atoms with Gasteiger partial charge in [-0.05, 0) is 74.7 Å². The first-order valence-corrected chi connectivity index (χ1v) is 11.2. The smallest absolute Gasteiger partial charge is 0.410 e. The molecule has 3 aromatic rings. The van der Waals surface area contributed by atoms with Crippen molar-refractivity contribution in [2.45, 2.75) is 58.3 Å². The fraction of sp³-hybridized carbons (Fsp3) is 0.476. The molecule has 1 aromatic carbocycles. The van der Waals surface area contributed by atoms with Crippen molar-refractivity contribution in [1.29, 1.82) is 0 Å². The number of tetrazole rings is 1. The van der Waals surface area contributed by atoms with Gasteiger partial charge in [0.2, 0.25) is 0 Å². The maximum atomic E-state index is 12.7. The quantitative estimate of drug-likeness (QED) is 0.585. The van der Waals surface area contributed by atoms with E-state index in [1.807, 2.05) is 55.3 Å². The van der Waals surface area contributed by atoms with Gasteiger partial charge in [0.25, 0.3) is 0 Å². The van der Waals surface area contributed by atoms with Crippen LogP contribution in [0.2, 0.25) is 0 Å². The molecule has 31 heavy (non-hydrogen) atoms. The van der Waals surface area contributed by atoms with Crippen molar-refractivity contribution < 1.29 is 14.3 Å². The third-order valence-corrected chi connectivity index (χ3v) is 5.82. The molecular weight excluding hydrogens is 416 g/mol. The maximum absolute atomic E-state index is 12.7. The predicted octanol–water partition coefficient (Wildman–Crippen LogP) is 4.16. The van der Waals surface area contributed by atoms with Gasteiger partial charge < -0.3 is 9.47 Å². The third-order valence-electron chi connectivity index (χ3n) is 4.82. The Kier molecular flexibility index (Phi) is 6.17. The fourth-order valence-electron chi connectivity index (χ4n) is 3.40. The molecule has 1 unspecified atom stereocenters. The fourth-order valence-corrected chi connectivity index (χ4v) is 4.35. The van der Waals surface area contributed by atoms with Crippen molar-refractivity contribution in [2.24, 2.45) is 0 Å². The highest BCUT2D eigenvalue weighted by Gasteiger charge is 2.33. The molecule has 0 radical (unpaired) electrons. The standard InChI is InChI=1S/C21H26N6O3S/c1-21(2,3)30-20(28)26-11-5-4-6-18(26)19-23-15(13-31-19)12-29-17-9-7-16(8-10-17)27-14-22-24-25-27/h7-10,13-14,18H,4-6,11-12H2,1-3H3. The number of amides is 1. The number of likely N-dealkylation sites (tertiary alicyclic amines) is 1. The summed E-state index contributed by atoms with van der Waals surface area (Å²) in [6.07, 6.45) is 4.22. The predicted molar refractivity (Wildman–Crippen MR) is 115 cm³/mol. The minimum absolute atomic E-state index is 0.0436. The second kappa shape index (κ2) is 9.01. The van der Waals surface area contributed by atoms with Crippen LogP contribution in [0.4, 0.5) is 4.79 Å². The van der Waals surface area contributed by atoms with Crippen LogP contribution in [0, 0.1) is 0 Å². The van der Waals surface area contributed by atoms with E-state index in [9.17, 15) is 4.79 Å². The van der Waals surface area contributed by atoms with Crippen molar-refractivity contribution in [2.75, 3.05) is 6.54 Å². The average molecular weight is 443 g/mol. The van der Waals surface area contributed by atoms with Gasteiger partial charge in [0.15, 0.2) is 0 Å². The van der Waals surface area contributed by atoms with E-state index in [-0.39, 0.29) is 12.1 Å². The van der Waals surface area contributed by atoms with E-state index in [1.54, 1.807) is 22.3 Å². The minimum Gasteiger partial charge on any atom is -0.487 e. The zero-order valence-corrected chi connectivity index (χ0v) is 18.7. The largest absolute Gasteiger partial charge is 0.487 e. The van der Waals surface area contributed by atoms with Crippen LogP contribution in [-0.4, -0.2) is 48.3 Å². The molecule has 1 saturated heterocycles. The monoisotopic (exact) mass is 442 g/mol. The van der Waals surface area contributed by atoms with Crippen molar-refractivity contribution in [1.82, 2.24) is 30.1 Å². The summed E-state index contributed by atoms with van der Waals surface area (Å²) in [7, 11) is 0. The molecule has 1 fully saturated rings. The number of nitrogens with zero attached hydrogens (tertiary/aromatic N) is 6. The minimum atomic E-state index is -0.513. The van der Waals surface area contributed by atoms with Gasteiger partial charge >= 0.3 is 6.09 Å². The molecule has 2 aromatic heterocycles. The second-order valence-corrected chi connectivity index (χ2v) is 9.29. The number of thiazole rings is 1. The number of aromatic nitrogens is 5. The van der Waals surface area contributed by atoms with Gasteiger partial charge in [0.05, 0.1) is 17.4 Å². The van der Waals surface area contributed by atoms with Crippen LogP contribution < -0.4 is 4.74 Å². The Morgan fingerprint density at radius 2 is 2.03 bits per heavy atom. The summed E-state index contributed by atoms with van der Waals surface area (Å²) in [5, 5.41) is 14.1. The van der Waals surface area contributed by atoms with Gasteiger partial charge in [-0.3, -0.25) is 4.90 Å². The maximum Gasteiger partial charge on any atom is 0.410 e. The zero-order valence-electron chi connectivity index (χ0n) is 17.9. The molecule has 9 nitrogen and oxygen atoms in total. The summed E-state index contributed by atoms with van der Waals surface area (Å²) in [5.41, 5.74) is 1.19. The van der Waals surface area contributed by atoms with Crippen molar-refractivity contribution >= 4 is 17.4 Å². The molecule has 1 atom stereocenters. The third kappa shape index (κ3) is 5.38. The van der Waals surface area contributed by atoms with E-state index in [0.29, 0.717) is 13.2 Å². The molecule has 0 aliphatic carbocycles. The Bertz CT molecular complexity index is 997. The SMILES string of the molecule is CC(C)(C)OC(=O)N1CCCCC1c1nc(COc2ccc(-n3cnnn3)cc2)cs1. The van der Waals surface area contributed by atoms with Gasteiger partial charge in [-0.2, -0.15) is 0 Å². The first-order chi connectivity index (χ1) is 14.9. The lowest BCUT2D eigenvalue weighted by atomic mass is 10.0. The van der Waals surface area contributed by atoms with Gasteiger partial charge in [-0.25, -0.2) is 14.5 Å². The van der Waals surface area contributed by atoms with Crippen LogP contribution in [0.5, 0.6) is 5.75 Å². The number of rotatable bonds is 5. The lowest BCUT2D eigenvalue weighted by molar-refractivity contribution is 0.00946. The number of benzene rings is 1. The van der Waals surface area contributed by atoms with Gasteiger partial charge in [0, 0.05) is 11.9 Å². The molecule has 1 aliphatic heterocycles. The van der Waals surface area contributed by atoms with E-state index in [0.717, 1.165) is 41.4 Å². The van der Waals surface area contributed by atoms with E-state index in [2.05, 4.69) is 15.5 Å². The first kappa shape index (κ1) is 21.2. The zero-order chi connectivity index (χ0) is 21.8. The number of carbonyl (C=O) groups is 1. The normalized spacial score (nSPS) is 16.9. The van der Waals surface area contributed by atoms with Crippen molar-refractivity contribution in [3.63, 3.8) is 0 Å². The van der Waals surface area contributed by atoms with Crippen LogP contribution >= 0.6 is 11.3 Å². The Morgan fingerprint density at radius 3 is 2.74 bits per heavy atom. The van der Waals surface area contributed by atoms with Gasteiger partial charge in [-0.15, -0.1) is 16.4 Å². The number of piperidine rings is 1. The Hall–Kier alpha value is -3.01. The Morgan fingerprint density at radius 1 is 1.23 bits per heavy atom. The Labute approximate surface area is 185 Å². The van der Waals surface area contributed by atoms with E-state index in [1.165, 1.54) is 0 Å².